The maximum Gasteiger partial charge on any atom is 0.409 e. The van der Waals surface area contributed by atoms with Crippen molar-refractivity contribution in [3.05, 3.63) is 35.9 Å². The van der Waals surface area contributed by atoms with Crippen molar-refractivity contribution in [3.8, 4) is 0 Å². The van der Waals surface area contributed by atoms with Gasteiger partial charge in [-0.25, -0.2) is 10.2 Å². The number of nitrogens with one attached hydrogen (secondary N) is 2. The van der Waals surface area contributed by atoms with Crippen molar-refractivity contribution in [1.29, 1.82) is 0 Å². The second-order valence-corrected chi connectivity index (χ2v) is 5.46. The van der Waals surface area contributed by atoms with E-state index in [2.05, 4.69) is 10.9 Å². The van der Waals surface area contributed by atoms with Crippen LogP contribution >= 0.6 is 12.2 Å². The summed E-state index contributed by atoms with van der Waals surface area (Å²) in [5, 5.41) is 0. The van der Waals surface area contributed by atoms with Crippen LogP contribution in [0.3, 0.4) is 0 Å². The molecule has 0 atom stereocenters. The molecule has 0 aliphatic heterocycles. The Bertz CT molecular complexity index is 470. The summed E-state index contributed by atoms with van der Waals surface area (Å²) in [6.45, 7) is 4.46. The third-order valence-electron chi connectivity index (χ3n) is 3.13. The van der Waals surface area contributed by atoms with E-state index >= 15 is 0 Å². The molecule has 1 aromatic rings. The normalized spacial score (nSPS) is 10.2. The number of rotatable bonds is 10. The van der Waals surface area contributed by atoms with Gasteiger partial charge in [-0.15, -0.1) is 0 Å². The number of carbonyl (C=O) groups is 1. The molecule has 0 unspecified atom stereocenters. The first-order valence-corrected chi connectivity index (χ1v) is 8.25. The Kier molecular flexibility index (Phi) is 9.94. The molecule has 1 aromatic carbocycles. The summed E-state index contributed by atoms with van der Waals surface area (Å²) in [7, 11) is 0. The number of ether oxygens (including phenoxy) is 1. The summed E-state index contributed by atoms with van der Waals surface area (Å²) in [6, 6.07) is 10.0. The van der Waals surface area contributed by atoms with E-state index in [9.17, 15) is 4.79 Å². The lowest BCUT2D eigenvalue weighted by atomic mass is 10.2. The van der Waals surface area contributed by atoms with Gasteiger partial charge in [0.15, 0.2) is 0 Å². The molecule has 23 heavy (non-hydrogen) atoms. The number of nitrogens with zero attached hydrogens (tertiary/aromatic N) is 1. The van der Waals surface area contributed by atoms with Crippen LogP contribution in [0, 0.1) is 0 Å². The highest BCUT2D eigenvalue weighted by atomic mass is 32.1. The van der Waals surface area contributed by atoms with Crippen molar-refractivity contribution in [2.45, 2.75) is 26.3 Å². The minimum atomic E-state index is -0.319. The molecule has 1 rings (SSSR count). The number of thiocarbonyl (C=S) groups is 1. The Balaban J connectivity index is 2.29. The molecule has 4 N–H and O–H groups in total. The van der Waals surface area contributed by atoms with Gasteiger partial charge in [0.2, 0.25) is 0 Å². The standard InChI is InChI=1S/C16H26N4O2S/c1-2-22-16(21)20(11-6-10-17)12-9-15(23)19-18-13-14-7-4-3-5-8-14/h3-5,7-8,18H,2,6,9-13,17H2,1H3,(H,19,23). The molecule has 0 aliphatic carbocycles. The van der Waals surface area contributed by atoms with Crippen molar-refractivity contribution in [1.82, 2.24) is 15.8 Å². The van der Waals surface area contributed by atoms with Gasteiger partial charge in [0.25, 0.3) is 0 Å². The van der Waals surface area contributed by atoms with E-state index in [0.717, 1.165) is 6.42 Å². The lowest BCUT2D eigenvalue weighted by Crippen LogP contribution is -2.40. The van der Waals surface area contributed by atoms with Gasteiger partial charge in [-0.1, -0.05) is 42.5 Å². The van der Waals surface area contributed by atoms with Crippen LogP contribution in [-0.4, -0.2) is 42.2 Å². The Morgan fingerprint density at radius 1 is 1.30 bits per heavy atom. The quantitative estimate of drug-likeness (QED) is 0.446. The number of amides is 1. The highest BCUT2D eigenvalue weighted by Gasteiger charge is 2.14. The van der Waals surface area contributed by atoms with Crippen molar-refractivity contribution < 1.29 is 9.53 Å². The topological polar surface area (TPSA) is 79.6 Å². The summed E-state index contributed by atoms with van der Waals surface area (Å²) < 4.78 is 5.04. The molecule has 0 bridgehead atoms. The zero-order chi connectivity index (χ0) is 16.9. The average Bonchev–Trinajstić information content (AvgIpc) is 2.56. The van der Waals surface area contributed by atoms with Crippen molar-refractivity contribution in [3.63, 3.8) is 0 Å². The molecule has 0 fully saturated rings. The minimum Gasteiger partial charge on any atom is -0.450 e. The van der Waals surface area contributed by atoms with Crippen LogP contribution in [0.5, 0.6) is 0 Å². The van der Waals surface area contributed by atoms with E-state index in [-0.39, 0.29) is 6.09 Å². The SMILES string of the molecule is CCOC(=O)N(CCCN)CCC(=S)NNCc1ccccc1. The molecule has 0 aliphatic rings. The van der Waals surface area contributed by atoms with Crippen LogP contribution in [0.25, 0.3) is 0 Å². The van der Waals surface area contributed by atoms with E-state index in [0.29, 0.717) is 44.2 Å². The molecular formula is C16H26N4O2S. The molecule has 0 spiro atoms. The van der Waals surface area contributed by atoms with Gasteiger partial charge in [0.05, 0.1) is 11.6 Å². The second kappa shape index (κ2) is 11.8. The van der Waals surface area contributed by atoms with E-state index in [1.807, 2.05) is 30.3 Å². The largest absolute Gasteiger partial charge is 0.450 e. The Morgan fingerprint density at radius 2 is 2.04 bits per heavy atom. The number of hydrogen-bond donors (Lipinski definition) is 3. The first-order valence-electron chi connectivity index (χ1n) is 7.84. The van der Waals surface area contributed by atoms with E-state index < -0.39 is 0 Å². The lowest BCUT2D eigenvalue weighted by molar-refractivity contribution is 0.108. The van der Waals surface area contributed by atoms with Crippen LogP contribution in [-0.2, 0) is 11.3 Å². The number of nitrogens with two attached hydrogens (primary N) is 1. The van der Waals surface area contributed by atoms with Gasteiger partial charge in [-0.3, -0.25) is 0 Å². The smallest absolute Gasteiger partial charge is 0.409 e. The predicted octanol–water partition coefficient (Wildman–Crippen LogP) is 1.81. The van der Waals surface area contributed by atoms with Crippen molar-refractivity contribution >= 4 is 23.3 Å². The van der Waals surface area contributed by atoms with E-state index in [1.54, 1.807) is 11.8 Å². The van der Waals surface area contributed by atoms with E-state index in [4.69, 9.17) is 22.7 Å². The Labute approximate surface area is 143 Å². The summed E-state index contributed by atoms with van der Waals surface area (Å²) in [6.07, 6.45) is 0.993. The third kappa shape index (κ3) is 8.49. The molecule has 1 amide bonds. The molecule has 0 saturated carbocycles. The number of hydrogen-bond acceptors (Lipinski definition) is 5. The summed E-state index contributed by atoms with van der Waals surface area (Å²) >= 11 is 5.27. The van der Waals surface area contributed by atoms with E-state index in [1.165, 1.54) is 5.56 Å². The fraction of sp³-hybridized carbons (Fsp3) is 0.500. The highest BCUT2D eigenvalue weighted by molar-refractivity contribution is 7.80. The fourth-order valence-corrected chi connectivity index (χ4v) is 2.09. The molecule has 128 valence electrons. The minimum absolute atomic E-state index is 0.319. The Hall–Kier alpha value is -1.70. The zero-order valence-electron chi connectivity index (χ0n) is 13.6. The molecule has 0 heterocycles. The lowest BCUT2D eigenvalue weighted by Gasteiger charge is -2.22. The van der Waals surface area contributed by atoms with Crippen LogP contribution in [0.15, 0.2) is 30.3 Å². The summed E-state index contributed by atoms with van der Waals surface area (Å²) in [5.74, 6) is 0. The van der Waals surface area contributed by atoms with Crippen molar-refractivity contribution in [2.24, 2.45) is 5.73 Å². The maximum absolute atomic E-state index is 11.8. The van der Waals surface area contributed by atoms with Gasteiger partial charge in [0, 0.05) is 26.1 Å². The van der Waals surface area contributed by atoms with Crippen LogP contribution < -0.4 is 16.6 Å². The van der Waals surface area contributed by atoms with Crippen LogP contribution in [0.1, 0.15) is 25.3 Å². The van der Waals surface area contributed by atoms with Gasteiger partial charge in [0.1, 0.15) is 0 Å². The monoisotopic (exact) mass is 338 g/mol. The fourth-order valence-electron chi connectivity index (χ4n) is 1.93. The molecular weight excluding hydrogens is 312 g/mol. The van der Waals surface area contributed by atoms with Crippen molar-refractivity contribution in [2.75, 3.05) is 26.2 Å². The Morgan fingerprint density at radius 3 is 2.70 bits per heavy atom. The van der Waals surface area contributed by atoms with Crippen LogP contribution in [0.4, 0.5) is 4.79 Å². The molecule has 0 saturated heterocycles. The number of hydrazine groups is 1. The first kappa shape index (κ1) is 19.3. The number of carbonyl (C=O) groups excluding carboxylic acids is 1. The highest BCUT2D eigenvalue weighted by Crippen LogP contribution is 2.00. The maximum atomic E-state index is 11.8. The number of benzene rings is 1. The van der Waals surface area contributed by atoms with Gasteiger partial charge >= 0.3 is 6.09 Å². The summed E-state index contributed by atoms with van der Waals surface area (Å²) in [5.41, 5.74) is 12.7. The average molecular weight is 338 g/mol. The third-order valence-corrected chi connectivity index (χ3v) is 3.44. The van der Waals surface area contributed by atoms with Gasteiger partial charge in [-0.2, -0.15) is 0 Å². The zero-order valence-corrected chi connectivity index (χ0v) is 14.4. The van der Waals surface area contributed by atoms with Gasteiger partial charge in [-0.05, 0) is 25.5 Å². The van der Waals surface area contributed by atoms with Gasteiger partial charge < -0.3 is 20.8 Å². The molecule has 6 nitrogen and oxygen atoms in total. The summed E-state index contributed by atoms with van der Waals surface area (Å²) in [4.78, 5) is 14.1. The molecule has 7 heteroatoms. The molecule has 0 radical (unpaired) electrons. The van der Waals surface area contributed by atoms with Crippen LogP contribution in [0.2, 0.25) is 0 Å². The first-order chi connectivity index (χ1) is 11.2. The second-order valence-electron chi connectivity index (χ2n) is 4.97. The molecule has 0 aromatic heterocycles. The predicted molar refractivity (Wildman–Crippen MR) is 95.9 cm³/mol.